The number of rotatable bonds is 4. The van der Waals surface area contributed by atoms with E-state index in [-0.39, 0.29) is 17.9 Å². The Morgan fingerprint density at radius 2 is 1.72 bits per heavy atom. The second-order valence-corrected chi connectivity index (χ2v) is 7.26. The highest BCUT2D eigenvalue weighted by molar-refractivity contribution is 5.81. The normalized spacial score (nSPS) is 26.6. The summed E-state index contributed by atoms with van der Waals surface area (Å²) in [7, 11) is 0. The van der Waals surface area contributed by atoms with Crippen molar-refractivity contribution in [2.45, 2.75) is 25.9 Å². The van der Waals surface area contributed by atoms with E-state index in [9.17, 15) is 9.59 Å². The maximum absolute atomic E-state index is 12.1. The maximum Gasteiger partial charge on any atom is 0.239 e. The zero-order valence-corrected chi connectivity index (χ0v) is 15.1. The number of amides is 2. The number of hydrogen-bond donors (Lipinski definition) is 1. The van der Waals surface area contributed by atoms with Gasteiger partial charge in [0.15, 0.2) is 0 Å². The van der Waals surface area contributed by atoms with E-state index in [1.165, 1.54) is 0 Å². The fourth-order valence-electron chi connectivity index (χ4n) is 4.23. The number of nitrogens with two attached hydrogens (primary N) is 1. The predicted molar refractivity (Wildman–Crippen MR) is 96.7 cm³/mol. The molecule has 0 radical (unpaired) electrons. The number of piperazine rings is 1. The number of likely N-dealkylation sites (tertiary alicyclic amines) is 1. The zero-order chi connectivity index (χ0) is 18.0. The number of primary amides is 1. The van der Waals surface area contributed by atoms with Gasteiger partial charge < -0.3 is 10.6 Å². The third-order valence-electron chi connectivity index (χ3n) is 5.58. The number of carbonyl (C=O) groups is 2. The van der Waals surface area contributed by atoms with Gasteiger partial charge >= 0.3 is 0 Å². The lowest BCUT2D eigenvalue weighted by molar-refractivity contribution is -0.131. The molecule has 3 rings (SSSR count). The van der Waals surface area contributed by atoms with Crippen molar-refractivity contribution < 1.29 is 9.59 Å². The van der Waals surface area contributed by atoms with Gasteiger partial charge in [0.2, 0.25) is 11.8 Å². The molecule has 2 heterocycles. The molecule has 0 saturated carbocycles. The molecule has 2 fully saturated rings. The quantitative estimate of drug-likeness (QED) is 0.873. The van der Waals surface area contributed by atoms with Crippen molar-refractivity contribution in [3.63, 3.8) is 0 Å². The van der Waals surface area contributed by atoms with Gasteiger partial charge in [-0.25, -0.2) is 0 Å². The van der Waals surface area contributed by atoms with Crippen LogP contribution in [0.2, 0.25) is 0 Å². The van der Waals surface area contributed by atoms with E-state index >= 15 is 0 Å². The molecule has 0 spiro atoms. The summed E-state index contributed by atoms with van der Waals surface area (Å²) in [6.45, 7) is 8.94. The summed E-state index contributed by atoms with van der Waals surface area (Å²) >= 11 is 0. The third-order valence-corrected chi connectivity index (χ3v) is 5.58. The molecule has 2 saturated heterocycles. The lowest BCUT2D eigenvalue weighted by Gasteiger charge is -2.39. The smallest absolute Gasteiger partial charge is 0.239 e. The van der Waals surface area contributed by atoms with E-state index in [2.05, 4.69) is 16.7 Å². The first kappa shape index (κ1) is 17.9. The van der Waals surface area contributed by atoms with Gasteiger partial charge in [0, 0.05) is 52.2 Å². The molecule has 6 nitrogen and oxygen atoms in total. The number of benzene rings is 1. The first-order valence-corrected chi connectivity index (χ1v) is 9.05. The maximum atomic E-state index is 12.1. The molecule has 2 aliphatic heterocycles. The van der Waals surface area contributed by atoms with Gasteiger partial charge in [0.25, 0.3) is 0 Å². The largest absolute Gasteiger partial charge is 0.368 e. The highest BCUT2D eigenvalue weighted by Gasteiger charge is 2.40. The topological polar surface area (TPSA) is 69.9 Å². The van der Waals surface area contributed by atoms with Crippen LogP contribution in [0.1, 0.15) is 25.5 Å². The van der Waals surface area contributed by atoms with E-state index in [0.29, 0.717) is 12.0 Å². The van der Waals surface area contributed by atoms with Crippen LogP contribution >= 0.6 is 0 Å². The molecule has 0 bridgehead atoms. The van der Waals surface area contributed by atoms with Crippen molar-refractivity contribution in [2.24, 2.45) is 11.7 Å². The van der Waals surface area contributed by atoms with Gasteiger partial charge in [-0.3, -0.25) is 19.4 Å². The van der Waals surface area contributed by atoms with Gasteiger partial charge in [-0.2, -0.15) is 0 Å². The van der Waals surface area contributed by atoms with Gasteiger partial charge in [-0.05, 0) is 11.5 Å². The predicted octanol–water partition coefficient (Wildman–Crippen LogP) is 0.697. The molecule has 0 aromatic heterocycles. The summed E-state index contributed by atoms with van der Waals surface area (Å²) in [5.74, 6) is 0.327. The average molecular weight is 344 g/mol. The summed E-state index contributed by atoms with van der Waals surface area (Å²) in [5.41, 5.74) is 6.69. The molecule has 6 heteroatoms. The van der Waals surface area contributed by atoms with Gasteiger partial charge in [-0.1, -0.05) is 37.3 Å². The molecule has 2 N–H and O–H groups in total. The van der Waals surface area contributed by atoms with E-state index in [4.69, 9.17) is 5.73 Å². The third kappa shape index (κ3) is 3.85. The molecule has 0 aliphatic carbocycles. The first-order valence-electron chi connectivity index (χ1n) is 9.05. The van der Waals surface area contributed by atoms with Crippen LogP contribution in [0, 0.1) is 5.92 Å². The van der Waals surface area contributed by atoms with Crippen LogP contribution in [0.25, 0.3) is 0 Å². The second-order valence-electron chi connectivity index (χ2n) is 7.26. The van der Waals surface area contributed by atoms with Crippen molar-refractivity contribution in [3.05, 3.63) is 35.9 Å². The lowest BCUT2D eigenvalue weighted by Crippen LogP contribution is -2.53. The van der Waals surface area contributed by atoms with Gasteiger partial charge in [0.1, 0.15) is 6.04 Å². The van der Waals surface area contributed by atoms with Crippen LogP contribution in [0.4, 0.5) is 0 Å². The summed E-state index contributed by atoms with van der Waals surface area (Å²) in [5, 5.41) is 0. The van der Waals surface area contributed by atoms with Crippen LogP contribution in [-0.2, 0) is 9.59 Å². The van der Waals surface area contributed by atoms with Crippen molar-refractivity contribution in [3.8, 4) is 0 Å². The second kappa shape index (κ2) is 7.54. The molecular formula is C19H28N4O2. The summed E-state index contributed by atoms with van der Waals surface area (Å²) in [6.07, 6.45) is 0. The Morgan fingerprint density at radius 1 is 1.08 bits per heavy atom. The Kier molecular flexibility index (Phi) is 5.39. The molecular weight excluding hydrogens is 316 g/mol. The molecule has 136 valence electrons. The van der Waals surface area contributed by atoms with E-state index < -0.39 is 0 Å². The fraction of sp³-hybridized carbons (Fsp3) is 0.579. The molecule has 3 atom stereocenters. The van der Waals surface area contributed by atoms with E-state index in [0.717, 1.165) is 44.8 Å². The molecule has 25 heavy (non-hydrogen) atoms. The molecule has 1 aromatic carbocycles. The SMILES string of the molecule is CC(=O)N1CCN([C@@H]2CN([C@H](C(N)=O)c3ccccc3)C[C@H]2C)CC1. The number of nitrogens with zero attached hydrogens (tertiary/aromatic N) is 3. The summed E-state index contributed by atoms with van der Waals surface area (Å²) in [4.78, 5) is 30.2. The monoisotopic (exact) mass is 344 g/mol. The molecule has 2 aliphatic rings. The van der Waals surface area contributed by atoms with Crippen molar-refractivity contribution >= 4 is 11.8 Å². The minimum atomic E-state index is -0.368. The van der Waals surface area contributed by atoms with Crippen molar-refractivity contribution in [1.29, 1.82) is 0 Å². The average Bonchev–Trinajstić information content (AvgIpc) is 2.97. The Labute approximate surface area is 149 Å². The summed E-state index contributed by atoms with van der Waals surface area (Å²) < 4.78 is 0. The number of hydrogen-bond acceptors (Lipinski definition) is 4. The Hall–Kier alpha value is -1.92. The lowest BCUT2D eigenvalue weighted by atomic mass is 10.0. The van der Waals surface area contributed by atoms with Crippen LogP contribution in [-0.4, -0.2) is 71.8 Å². The Morgan fingerprint density at radius 3 is 2.28 bits per heavy atom. The Balaban J connectivity index is 1.68. The standard InChI is InChI=1S/C19H28N4O2/c1-14-12-23(18(19(20)25)16-6-4-3-5-7-16)13-17(14)22-10-8-21(9-11-22)15(2)24/h3-7,14,17-18H,8-13H2,1-2H3,(H2,20,25)/t14-,17-,18+/m1/s1. The van der Waals surface area contributed by atoms with Crippen molar-refractivity contribution in [2.75, 3.05) is 39.3 Å². The molecule has 1 aromatic rings. The van der Waals surface area contributed by atoms with Crippen LogP contribution < -0.4 is 5.73 Å². The van der Waals surface area contributed by atoms with E-state index in [1.807, 2.05) is 35.2 Å². The zero-order valence-electron chi connectivity index (χ0n) is 15.1. The van der Waals surface area contributed by atoms with Crippen molar-refractivity contribution in [1.82, 2.24) is 14.7 Å². The molecule has 0 unspecified atom stereocenters. The Bertz CT molecular complexity index is 613. The van der Waals surface area contributed by atoms with Crippen LogP contribution in [0.15, 0.2) is 30.3 Å². The van der Waals surface area contributed by atoms with Gasteiger partial charge in [0.05, 0.1) is 0 Å². The molecule has 2 amide bonds. The summed E-state index contributed by atoms with van der Waals surface area (Å²) in [6, 6.07) is 9.82. The highest BCUT2D eigenvalue weighted by Crippen LogP contribution is 2.30. The van der Waals surface area contributed by atoms with E-state index in [1.54, 1.807) is 6.92 Å². The highest BCUT2D eigenvalue weighted by atomic mass is 16.2. The minimum absolute atomic E-state index is 0.151. The number of carbonyl (C=O) groups excluding carboxylic acids is 2. The first-order chi connectivity index (χ1) is 12.0. The fourth-order valence-corrected chi connectivity index (χ4v) is 4.23. The minimum Gasteiger partial charge on any atom is -0.368 e. The van der Waals surface area contributed by atoms with Gasteiger partial charge in [-0.15, -0.1) is 0 Å². The van der Waals surface area contributed by atoms with Crippen LogP contribution in [0.3, 0.4) is 0 Å². The van der Waals surface area contributed by atoms with Crippen LogP contribution in [0.5, 0.6) is 0 Å².